The van der Waals surface area contributed by atoms with Gasteiger partial charge in [-0.1, -0.05) is 36.4 Å². The molecule has 1 amide bonds. The zero-order chi connectivity index (χ0) is 20.3. The minimum Gasteiger partial charge on any atom is -0.282 e. The van der Waals surface area contributed by atoms with Crippen LogP contribution in [-0.4, -0.2) is 30.9 Å². The Bertz CT molecular complexity index is 1100. The maximum absolute atomic E-state index is 14.3. The Morgan fingerprint density at radius 3 is 2.57 bits per heavy atom. The van der Waals surface area contributed by atoms with Gasteiger partial charge in [-0.15, -0.1) is 11.0 Å². The molecule has 0 bridgehead atoms. The lowest BCUT2D eigenvalue weighted by atomic mass is 10.2. The van der Waals surface area contributed by atoms with Gasteiger partial charge in [-0.2, -0.15) is 8.42 Å². The minimum atomic E-state index is -3.99. The first-order valence-corrected chi connectivity index (χ1v) is 11.3. The normalized spacial score (nSPS) is 17.5. The van der Waals surface area contributed by atoms with Crippen LogP contribution < -0.4 is 0 Å². The van der Waals surface area contributed by atoms with E-state index in [4.69, 9.17) is 0 Å². The summed E-state index contributed by atoms with van der Waals surface area (Å²) in [6.07, 6.45) is 2.87. The third-order valence-electron chi connectivity index (χ3n) is 3.71. The van der Waals surface area contributed by atoms with E-state index in [1.165, 1.54) is 29.2 Å². The van der Waals surface area contributed by atoms with Crippen molar-refractivity contribution in [3.05, 3.63) is 81.0 Å². The fourth-order valence-corrected chi connectivity index (χ4v) is 5.11. The number of nitrogens with zero attached hydrogens (tertiary/aromatic N) is 2. The topological polar surface area (TPSA) is 66.8 Å². The molecule has 2 aromatic rings. The van der Waals surface area contributed by atoms with E-state index in [1.54, 1.807) is 36.4 Å². The van der Waals surface area contributed by atoms with Crippen molar-refractivity contribution in [3.8, 4) is 0 Å². The number of benzene rings is 2. The summed E-state index contributed by atoms with van der Waals surface area (Å²) in [6, 6.07) is 12.6. The first-order valence-electron chi connectivity index (χ1n) is 8.00. The Labute approximate surface area is 180 Å². The van der Waals surface area contributed by atoms with Gasteiger partial charge in [0.1, 0.15) is 5.82 Å². The van der Waals surface area contributed by atoms with Crippen molar-refractivity contribution in [2.45, 2.75) is 4.90 Å². The summed E-state index contributed by atoms with van der Waals surface area (Å²) in [7, 11) is -3.99. The number of carbonyl (C=O) groups excluding carboxylic acids is 1. The minimum absolute atomic E-state index is 0.00559. The van der Waals surface area contributed by atoms with Gasteiger partial charge in [-0.3, -0.25) is 9.69 Å². The largest absolute Gasteiger partial charge is 0.284 e. The molecule has 1 aliphatic rings. The molecule has 2 aromatic carbocycles. The number of halogens is 2. The number of amidine groups is 1. The molecule has 3 rings (SSSR count). The molecule has 0 spiro atoms. The smallest absolute Gasteiger partial charge is 0.282 e. The molecule has 1 fully saturated rings. The molecule has 0 aliphatic carbocycles. The lowest BCUT2D eigenvalue weighted by Gasteiger charge is -2.12. The number of rotatable bonds is 5. The number of hydrogen-bond donors (Lipinski definition) is 0. The fraction of sp³-hybridized carbons (Fsp3) is 0.0526. The van der Waals surface area contributed by atoms with Crippen LogP contribution >= 0.6 is 34.4 Å². The molecule has 5 nitrogen and oxygen atoms in total. The van der Waals surface area contributed by atoms with Crippen molar-refractivity contribution >= 4 is 61.5 Å². The van der Waals surface area contributed by atoms with Crippen molar-refractivity contribution in [1.29, 1.82) is 0 Å². The lowest BCUT2D eigenvalue weighted by molar-refractivity contribution is -0.121. The molecular formula is C19H14FIN2O3S2. The highest BCUT2D eigenvalue weighted by molar-refractivity contribution is 14.1. The van der Waals surface area contributed by atoms with Crippen LogP contribution in [0.15, 0.2) is 75.4 Å². The zero-order valence-electron chi connectivity index (χ0n) is 14.4. The highest BCUT2D eigenvalue weighted by Gasteiger charge is 2.34. The van der Waals surface area contributed by atoms with E-state index >= 15 is 0 Å². The fourth-order valence-electron chi connectivity index (χ4n) is 2.39. The van der Waals surface area contributed by atoms with E-state index in [1.807, 2.05) is 22.6 Å². The monoisotopic (exact) mass is 528 g/mol. The van der Waals surface area contributed by atoms with Gasteiger partial charge in [0.2, 0.25) is 0 Å². The lowest BCUT2D eigenvalue weighted by Crippen LogP contribution is -2.29. The van der Waals surface area contributed by atoms with Gasteiger partial charge in [0.25, 0.3) is 15.9 Å². The average Bonchev–Trinajstić information content (AvgIpc) is 2.95. The van der Waals surface area contributed by atoms with Crippen LogP contribution in [0, 0.1) is 9.39 Å². The summed E-state index contributed by atoms with van der Waals surface area (Å²) in [4.78, 5) is 14.1. The molecule has 1 aliphatic heterocycles. The van der Waals surface area contributed by atoms with Crippen molar-refractivity contribution in [2.75, 3.05) is 6.54 Å². The second-order valence-electron chi connectivity index (χ2n) is 5.62. The summed E-state index contributed by atoms with van der Waals surface area (Å²) in [6.45, 7) is 3.68. The highest BCUT2D eigenvalue weighted by atomic mass is 127. The number of sulfonamides is 1. The van der Waals surface area contributed by atoms with Crippen LogP contribution in [0.2, 0.25) is 0 Å². The second kappa shape index (κ2) is 8.58. The molecule has 0 aromatic heterocycles. The summed E-state index contributed by atoms with van der Waals surface area (Å²) >= 11 is 2.75. The Balaban J connectivity index is 2.03. The summed E-state index contributed by atoms with van der Waals surface area (Å²) in [5.41, 5.74) is 0.244. The quantitative estimate of drug-likeness (QED) is 0.330. The molecule has 0 atom stereocenters. The van der Waals surface area contributed by atoms with Crippen LogP contribution in [0.4, 0.5) is 4.39 Å². The maximum Gasteiger partial charge on any atom is 0.284 e. The first-order chi connectivity index (χ1) is 13.3. The Hall–Kier alpha value is -1.98. The van der Waals surface area contributed by atoms with Gasteiger partial charge < -0.3 is 0 Å². The molecule has 0 N–H and O–H groups in total. The van der Waals surface area contributed by atoms with E-state index < -0.39 is 21.7 Å². The zero-order valence-corrected chi connectivity index (χ0v) is 18.2. The number of thioether (sulfide) groups is 1. The third kappa shape index (κ3) is 4.36. The predicted molar refractivity (Wildman–Crippen MR) is 118 cm³/mol. The molecule has 9 heteroatoms. The van der Waals surface area contributed by atoms with Gasteiger partial charge in [-0.25, -0.2) is 4.39 Å². The van der Waals surface area contributed by atoms with Gasteiger partial charge in [0.05, 0.1) is 9.80 Å². The molecular weight excluding hydrogens is 514 g/mol. The van der Waals surface area contributed by atoms with Gasteiger partial charge in [-0.05, 0) is 58.6 Å². The van der Waals surface area contributed by atoms with Crippen molar-refractivity contribution in [2.24, 2.45) is 4.40 Å². The number of amides is 1. The van der Waals surface area contributed by atoms with Gasteiger partial charge in [0.15, 0.2) is 5.17 Å². The van der Waals surface area contributed by atoms with Crippen LogP contribution in [0.5, 0.6) is 0 Å². The summed E-state index contributed by atoms with van der Waals surface area (Å²) < 4.78 is 43.7. The van der Waals surface area contributed by atoms with E-state index in [2.05, 4.69) is 11.0 Å². The highest BCUT2D eigenvalue weighted by Crippen LogP contribution is 2.34. The Morgan fingerprint density at radius 2 is 1.89 bits per heavy atom. The Morgan fingerprint density at radius 1 is 1.18 bits per heavy atom. The number of carbonyl (C=O) groups is 1. The maximum atomic E-state index is 14.3. The van der Waals surface area contributed by atoms with E-state index in [0.717, 1.165) is 11.8 Å². The number of hydrogen-bond acceptors (Lipinski definition) is 4. The molecule has 144 valence electrons. The van der Waals surface area contributed by atoms with E-state index in [-0.39, 0.29) is 27.1 Å². The van der Waals surface area contributed by atoms with Gasteiger partial charge in [0, 0.05) is 15.7 Å². The Kier molecular flexibility index (Phi) is 6.36. The molecule has 0 radical (unpaired) electrons. The molecule has 0 saturated carbocycles. The SMILES string of the molecule is C=CCN1C(=O)/C(=C/c2cccc(I)c2F)SC1=NS(=O)(=O)c1ccccc1. The third-order valence-corrected chi connectivity index (χ3v) is 6.94. The van der Waals surface area contributed by atoms with Crippen LogP contribution in [0.1, 0.15) is 5.56 Å². The molecule has 1 heterocycles. The molecule has 28 heavy (non-hydrogen) atoms. The average molecular weight is 528 g/mol. The van der Waals surface area contributed by atoms with Crippen molar-refractivity contribution in [1.82, 2.24) is 4.90 Å². The second-order valence-corrected chi connectivity index (χ2v) is 9.40. The van der Waals surface area contributed by atoms with Gasteiger partial charge >= 0.3 is 0 Å². The van der Waals surface area contributed by atoms with Crippen LogP contribution in [-0.2, 0) is 14.8 Å². The van der Waals surface area contributed by atoms with Crippen LogP contribution in [0.25, 0.3) is 6.08 Å². The summed E-state index contributed by atoms with van der Waals surface area (Å²) in [5.74, 6) is -0.897. The van der Waals surface area contributed by atoms with E-state index in [9.17, 15) is 17.6 Å². The standard InChI is InChI=1S/C19H14FIN2O3S2/c1-2-11-23-18(24)16(12-13-7-6-10-15(21)17(13)20)27-19(23)22-28(25,26)14-8-4-3-5-9-14/h2-10,12H,1,11H2/b16-12-,22-19?. The van der Waals surface area contributed by atoms with Crippen molar-refractivity contribution in [3.63, 3.8) is 0 Å². The predicted octanol–water partition coefficient (Wildman–Crippen LogP) is 4.28. The molecule has 1 saturated heterocycles. The summed E-state index contributed by atoms with van der Waals surface area (Å²) in [5, 5.41) is 0.00559. The van der Waals surface area contributed by atoms with Crippen LogP contribution in [0.3, 0.4) is 0 Å². The van der Waals surface area contributed by atoms with Crippen molar-refractivity contribution < 1.29 is 17.6 Å². The van der Waals surface area contributed by atoms with E-state index in [0.29, 0.717) is 3.57 Å². The first kappa shape index (κ1) is 20.7. The molecule has 0 unspecified atom stereocenters.